The monoisotopic (exact) mass is 217 g/mol. The van der Waals surface area contributed by atoms with E-state index in [1.807, 2.05) is 32.2 Å². The number of Topliss-reactive ketones (excluding diaryl/α,β-unsaturated/α-hetero) is 1. The van der Waals surface area contributed by atoms with Crippen molar-refractivity contribution < 1.29 is 4.79 Å². The summed E-state index contributed by atoms with van der Waals surface area (Å²) in [4.78, 5) is 11.9. The first-order chi connectivity index (χ1) is 7.50. The molecule has 2 N–H and O–H groups in total. The van der Waals surface area contributed by atoms with Crippen LogP contribution >= 0.6 is 0 Å². The third-order valence-corrected chi connectivity index (χ3v) is 2.65. The van der Waals surface area contributed by atoms with Crippen LogP contribution in [0.25, 0.3) is 10.9 Å². The van der Waals surface area contributed by atoms with Crippen molar-refractivity contribution in [1.82, 2.24) is 9.78 Å². The van der Waals surface area contributed by atoms with Crippen LogP contribution in [0.15, 0.2) is 18.2 Å². The molecule has 0 aliphatic rings. The minimum atomic E-state index is -0.514. The molecule has 0 fully saturated rings. The molecule has 1 unspecified atom stereocenters. The molecule has 0 bridgehead atoms. The van der Waals surface area contributed by atoms with E-state index >= 15 is 0 Å². The van der Waals surface area contributed by atoms with Gasteiger partial charge in [-0.1, -0.05) is 12.1 Å². The van der Waals surface area contributed by atoms with Crippen molar-refractivity contribution in [2.24, 2.45) is 12.8 Å². The largest absolute Gasteiger partial charge is 0.321 e. The van der Waals surface area contributed by atoms with Gasteiger partial charge in [-0.25, -0.2) is 0 Å². The van der Waals surface area contributed by atoms with Gasteiger partial charge in [0.1, 0.15) is 5.69 Å². The van der Waals surface area contributed by atoms with Gasteiger partial charge < -0.3 is 5.73 Å². The van der Waals surface area contributed by atoms with E-state index in [1.165, 1.54) is 0 Å². The zero-order valence-corrected chi connectivity index (χ0v) is 9.69. The van der Waals surface area contributed by atoms with E-state index in [0.717, 1.165) is 16.5 Å². The summed E-state index contributed by atoms with van der Waals surface area (Å²) in [6.07, 6.45) is 0. The summed E-state index contributed by atoms with van der Waals surface area (Å²) in [6, 6.07) is 5.40. The zero-order chi connectivity index (χ0) is 11.9. The van der Waals surface area contributed by atoms with Gasteiger partial charge in [0.05, 0.1) is 11.6 Å². The van der Waals surface area contributed by atoms with E-state index in [4.69, 9.17) is 5.73 Å². The highest BCUT2D eigenvalue weighted by atomic mass is 16.1. The molecule has 1 atom stereocenters. The molecule has 1 aromatic heterocycles. The topological polar surface area (TPSA) is 60.9 Å². The van der Waals surface area contributed by atoms with Crippen molar-refractivity contribution in [1.29, 1.82) is 0 Å². The smallest absolute Gasteiger partial charge is 0.200 e. The van der Waals surface area contributed by atoms with Crippen LogP contribution in [0.2, 0.25) is 0 Å². The number of hydrogen-bond acceptors (Lipinski definition) is 3. The van der Waals surface area contributed by atoms with Crippen molar-refractivity contribution in [2.45, 2.75) is 19.9 Å². The number of carbonyl (C=O) groups excluding carboxylic acids is 1. The van der Waals surface area contributed by atoms with Crippen LogP contribution in [0, 0.1) is 6.92 Å². The number of rotatable bonds is 2. The molecule has 2 rings (SSSR count). The molecule has 0 amide bonds. The second-order valence-electron chi connectivity index (χ2n) is 4.15. The molecule has 0 spiro atoms. The predicted octanol–water partition coefficient (Wildman–Crippen LogP) is 1.41. The quantitative estimate of drug-likeness (QED) is 0.774. The lowest BCUT2D eigenvalue weighted by Crippen LogP contribution is -2.27. The molecule has 4 heteroatoms. The first-order valence-electron chi connectivity index (χ1n) is 5.24. The number of aromatic nitrogens is 2. The first-order valence-corrected chi connectivity index (χ1v) is 5.24. The summed E-state index contributed by atoms with van der Waals surface area (Å²) in [7, 11) is 1.83. The summed E-state index contributed by atoms with van der Waals surface area (Å²) in [5.74, 6) is -0.116. The standard InChI is InChI=1S/C12H15N3O/c1-7-4-5-9-10(6-7)15(3)14-11(9)12(16)8(2)13/h4-6,8H,13H2,1-3H3. The maximum absolute atomic E-state index is 11.9. The van der Waals surface area contributed by atoms with E-state index < -0.39 is 6.04 Å². The molecule has 16 heavy (non-hydrogen) atoms. The van der Waals surface area contributed by atoms with Crippen LogP contribution in [0.1, 0.15) is 23.0 Å². The summed E-state index contributed by atoms with van der Waals surface area (Å²) >= 11 is 0. The highest BCUT2D eigenvalue weighted by molar-refractivity contribution is 6.08. The van der Waals surface area contributed by atoms with Crippen LogP contribution in [0.5, 0.6) is 0 Å². The summed E-state index contributed by atoms with van der Waals surface area (Å²) in [5, 5.41) is 5.11. The number of nitrogens with zero attached hydrogens (tertiary/aromatic N) is 2. The third-order valence-electron chi connectivity index (χ3n) is 2.65. The Morgan fingerprint density at radius 2 is 2.19 bits per heavy atom. The normalized spacial score (nSPS) is 13.0. The lowest BCUT2D eigenvalue weighted by molar-refractivity contribution is 0.0964. The van der Waals surface area contributed by atoms with Crippen LogP contribution in [0.4, 0.5) is 0 Å². The Morgan fingerprint density at radius 1 is 1.50 bits per heavy atom. The molecule has 4 nitrogen and oxygen atoms in total. The summed E-state index contributed by atoms with van der Waals surface area (Å²) in [5.41, 5.74) is 8.18. The predicted molar refractivity (Wildman–Crippen MR) is 63.4 cm³/mol. The minimum absolute atomic E-state index is 0.116. The fourth-order valence-corrected chi connectivity index (χ4v) is 1.77. The highest BCUT2D eigenvalue weighted by Crippen LogP contribution is 2.20. The Balaban J connectivity index is 2.69. The summed E-state index contributed by atoms with van der Waals surface area (Å²) in [6.45, 7) is 3.69. The van der Waals surface area contributed by atoms with E-state index in [-0.39, 0.29) is 5.78 Å². The maximum atomic E-state index is 11.9. The van der Waals surface area contributed by atoms with Gasteiger partial charge in [-0.2, -0.15) is 5.10 Å². The molecule has 0 saturated heterocycles. The van der Waals surface area contributed by atoms with Gasteiger partial charge >= 0.3 is 0 Å². The number of hydrogen-bond donors (Lipinski definition) is 1. The average molecular weight is 217 g/mol. The van der Waals surface area contributed by atoms with Crippen LogP contribution < -0.4 is 5.73 Å². The lowest BCUT2D eigenvalue weighted by atomic mass is 10.1. The van der Waals surface area contributed by atoms with Gasteiger partial charge in [-0.05, 0) is 25.5 Å². The van der Waals surface area contributed by atoms with Crippen molar-refractivity contribution in [3.63, 3.8) is 0 Å². The summed E-state index contributed by atoms with van der Waals surface area (Å²) < 4.78 is 1.72. The number of carbonyl (C=O) groups is 1. The molecule has 0 radical (unpaired) electrons. The first kappa shape index (κ1) is 10.8. The Kier molecular flexibility index (Phi) is 2.52. The highest BCUT2D eigenvalue weighted by Gasteiger charge is 2.18. The van der Waals surface area contributed by atoms with E-state index in [1.54, 1.807) is 11.6 Å². The molecule has 1 aromatic carbocycles. The van der Waals surface area contributed by atoms with Crippen molar-refractivity contribution in [2.75, 3.05) is 0 Å². The second-order valence-corrected chi connectivity index (χ2v) is 4.15. The molecule has 84 valence electrons. The fourth-order valence-electron chi connectivity index (χ4n) is 1.77. The molecule has 0 saturated carbocycles. The minimum Gasteiger partial charge on any atom is -0.321 e. The van der Waals surface area contributed by atoms with Crippen molar-refractivity contribution >= 4 is 16.7 Å². The maximum Gasteiger partial charge on any atom is 0.200 e. The number of ketones is 1. The number of fused-ring (bicyclic) bond motifs is 1. The van der Waals surface area contributed by atoms with Crippen molar-refractivity contribution in [3.05, 3.63) is 29.5 Å². The molecule has 0 aliphatic carbocycles. The molecular formula is C12H15N3O. The molecule has 2 aromatic rings. The van der Waals surface area contributed by atoms with Gasteiger partial charge in [0.25, 0.3) is 0 Å². The van der Waals surface area contributed by atoms with Gasteiger partial charge in [0.15, 0.2) is 5.78 Å². The van der Waals surface area contributed by atoms with Crippen molar-refractivity contribution in [3.8, 4) is 0 Å². The Bertz CT molecular complexity index is 555. The van der Waals surface area contributed by atoms with E-state index in [2.05, 4.69) is 5.10 Å². The van der Waals surface area contributed by atoms with Gasteiger partial charge in [0.2, 0.25) is 0 Å². The van der Waals surface area contributed by atoms with E-state index in [9.17, 15) is 4.79 Å². The molecule has 1 heterocycles. The second kappa shape index (κ2) is 3.72. The van der Waals surface area contributed by atoms with E-state index in [0.29, 0.717) is 5.69 Å². The lowest BCUT2D eigenvalue weighted by Gasteiger charge is -2.00. The fraction of sp³-hybridized carbons (Fsp3) is 0.333. The third kappa shape index (κ3) is 1.61. The molecular weight excluding hydrogens is 202 g/mol. The number of benzene rings is 1. The number of nitrogens with two attached hydrogens (primary N) is 1. The SMILES string of the molecule is Cc1ccc2c(C(=O)C(C)N)nn(C)c2c1. The van der Waals surface area contributed by atoms with Crippen LogP contribution in [0.3, 0.4) is 0 Å². The Morgan fingerprint density at radius 3 is 2.81 bits per heavy atom. The Hall–Kier alpha value is -1.68. The van der Waals surface area contributed by atoms with Crippen LogP contribution in [-0.2, 0) is 7.05 Å². The Labute approximate surface area is 94.0 Å². The van der Waals surface area contributed by atoms with Gasteiger partial charge in [-0.15, -0.1) is 0 Å². The molecule has 0 aliphatic heterocycles. The van der Waals surface area contributed by atoms with Gasteiger partial charge in [0, 0.05) is 12.4 Å². The van der Waals surface area contributed by atoms with Crippen LogP contribution in [-0.4, -0.2) is 21.6 Å². The van der Waals surface area contributed by atoms with Gasteiger partial charge in [-0.3, -0.25) is 9.48 Å². The zero-order valence-electron chi connectivity index (χ0n) is 9.69. The number of aryl methyl sites for hydroxylation is 2. The average Bonchev–Trinajstić information content (AvgIpc) is 2.55.